The van der Waals surface area contributed by atoms with Gasteiger partial charge in [-0.05, 0) is 26.0 Å². The minimum atomic E-state index is -4.54. The second-order valence-electron chi connectivity index (χ2n) is 3.43. The fourth-order valence-electron chi connectivity index (χ4n) is 1.26. The zero-order chi connectivity index (χ0) is 12.3. The van der Waals surface area contributed by atoms with Gasteiger partial charge in [0.2, 0.25) is 0 Å². The maximum absolute atomic E-state index is 12.3. The van der Waals surface area contributed by atoms with Crippen molar-refractivity contribution in [1.29, 1.82) is 0 Å². The molecule has 0 radical (unpaired) electrons. The summed E-state index contributed by atoms with van der Waals surface area (Å²) in [4.78, 5) is 11.3. The van der Waals surface area contributed by atoms with Gasteiger partial charge in [0.25, 0.3) is 5.56 Å². The van der Waals surface area contributed by atoms with Crippen molar-refractivity contribution in [2.75, 3.05) is 6.54 Å². The highest BCUT2D eigenvalue weighted by atomic mass is 19.4. The summed E-state index contributed by atoms with van der Waals surface area (Å²) in [5.41, 5.74) is 3.64. The lowest BCUT2D eigenvalue weighted by Gasteiger charge is -2.14. The van der Waals surface area contributed by atoms with Crippen LogP contribution in [-0.2, 0) is 6.18 Å². The molecule has 1 aromatic heterocycles. The quantitative estimate of drug-likeness (QED) is 0.855. The summed E-state index contributed by atoms with van der Waals surface area (Å²) in [6, 6.07) is 1.09. The summed E-state index contributed by atoms with van der Waals surface area (Å²) in [5.74, 6) is 0. The molecule has 0 saturated carbocycles. The summed E-state index contributed by atoms with van der Waals surface area (Å²) in [5, 5.41) is 3.29. The molecule has 0 aromatic carbocycles. The summed E-state index contributed by atoms with van der Waals surface area (Å²) < 4.78 is 37.9. The van der Waals surface area contributed by atoms with Gasteiger partial charge >= 0.3 is 6.18 Å². The van der Waals surface area contributed by atoms with Crippen LogP contribution in [0, 0.1) is 0 Å². The molecule has 1 aromatic rings. The average molecular weight is 235 g/mol. The van der Waals surface area contributed by atoms with Crippen molar-refractivity contribution in [2.45, 2.75) is 25.6 Å². The van der Waals surface area contributed by atoms with Gasteiger partial charge < -0.3 is 5.73 Å². The van der Waals surface area contributed by atoms with Crippen molar-refractivity contribution in [3.63, 3.8) is 0 Å². The molecular weight excluding hydrogens is 223 g/mol. The van der Waals surface area contributed by atoms with Crippen molar-refractivity contribution >= 4 is 0 Å². The van der Waals surface area contributed by atoms with E-state index in [1.165, 1.54) is 0 Å². The largest absolute Gasteiger partial charge is 0.435 e. The summed E-state index contributed by atoms with van der Waals surface area (Å²) in [6.07, 6.45) is -4.15. The van der Waals surface area contributed by atoms with Crippen LogP contribution in [0.3, 0.4) is 0 Å². The molecule has 1 unspecified atom stereocenters. The fraction of sp³-hybridized carbons (Fsp3) is 0.556. The van der Waals surface area contributed by atoms with E-state index in [1.807, 2.05) is 0 Å². The summed E-state index contributed by atoms with van der Waals surface area (Å²) in [7, 11) is 0. The van der Waals surface area contributed by atoms with Crippen LogP contribution in [0.5, 0.6) is 0 Å². The number of hydrogen-bond donors (Lipinski definition) is 1. The predicted octanol–water partition coefficient (Wildman–Crippen LogP) is 1.17. The lowest BCUT2D eigenvalue weighted by Crippen LogP contribution is -2.29. The SMILES string of the molecule is CC(CCN)n1nc(C(F)(F)F)ccc1=O. The Labute approximate surface area is 89.9 Å². The number of aromatic nitrogens is 2. The number of nitrogens with two attached hydrogens (primary N) is 1. The monoisotopic (exact) mass is 235 g/mol. The van der Waals surface area contributed by atoms with Gasteiger partial charge in [-0.25, -0.2) is 4.68 Å². The van der Waals surface area contributed by atoms with Gasteiger partial charge in [0.1, 0.15) is 0 Å². The lowest BCUT2D eigenvalue weighted by atomic mass is 10.2. The molecule has 16 heavy (non-hydrogen) atoms. The van der Waals surface area contributed by atoms with E-state index in [2.05, 4.69) is 5.10 Å². The number of alkyl halides is 3. The molecule has 1 rings (SSSR count). The van der Waals surface area contributed by atoms with Gasteiger partial charge in [-0.1, -0.05) is 0 Å². The van der Waals surface area contributed by atoms with Crippen molar-refractivity contribution in [3.8, 4) is 0 Å². The number of halogens is 3. The van der Waals surface area contributed by atoms with E-state index in [4.69, 9.17) is 5.73 Å². The van der Waals surface area contributed by atoms with Crippen LogP contribution in [0.4, 0.5) is 13.2 Å². The van der Waals surface area contributed by atoms with Crippen LogP contribution in [0.1, 0.15) is 25.1 Å². The Kier molecular flexibility index (Phi) is 3.69. The van der Waals surface area contributed by atoms with Crippen LogP contribution < -0.4 is 11.3 Å². The Morgan fingerprint density at radius 2 is 2.12 bits per heavy atom. The van der Waals surface area contributed by atoms with Crippen LogP contribution in [0.15, 0.2) is 16.9 Å². The first kappa shape index (κ1) is 12.7. The topological polar surface area (TPSA) is 60.9 Å². The third kappa shape index (κ3) is 2.82. The molecule has 0 fully saturated rings. The Bertz CT molecular complexity index is 413. The third-order valence-corrected chi connectivity index (χ3v) is 2.12. The summed E-state index contributed by atoms with van der Waals surface area (Å²) in [6.45, 7) is 1.88. The van der Waals surface area contributed by atoms with Crippen molar-refractivity contribution in [1.82, 2.24) is 9.78 Å². The second kappa shape index (κ2) is 4.65. The highest BCUT2D eigenvalue weighted by molar-refractivity contribution is 5.04. The first-order chi connectivity index (χ1) is 7.36. The lowest BCUT2D eigenvalue weighted by molar-refractivity contribution is -0.142. The Balaban J connectivity index is 3.14. The predicted molar refractivity (Wildman–Crippen MR) is 51.9 cm³/mol. The van der Waals surface area contributed by atoms with E-state index in [9.17, 15) is 18.0 Å². The minimum Gasteiger partial charge on any atom is -0.330 e. The molecule has 0 bridgehead atoms. The molecular formula is C9H12F3N3O. The number of nitrogens with zero attached hydrogens (tertiary/aromatic N) is 2. The Morgan fingerprint density at radius 3 is 2.62 bits per heavy atom. The van der Waals surface area contributed by atoms with Crippen molar-refractivity contribution < 1.29 is 13.2 Å². The fourth-order valence-corrected chi connectivity index (χ4v) is 1.26. The van der Waals surface area contributed by atoms with Gasteiger partial charge in [0, 0.05) is 6.07 Å². The molecule has 0 saturated heterocycles. The second-order valence-corrected chi connectivity index (χ2v) is 3.43. The van der Waals surface area contributed by atoms with Crippen molar-refractivity contribution in [2.24, 2.45) is 5.73 Å². The maximum Gasteiger partial charge on any atom is 0.435 e. The van der Waals surface area contributed by atoms with Gasteiger partial charge in [0.05, 0.1) is 6.04 Å². The Hall–Kier alpha value is -1.37. The number of hydrogen-bond acceptors (Lipinski definition) is 3. The van der Waals surface area contributed by atoms with Crippen LogP contribution in [-0.4, -0.2) is 16.3 Å². The van der Waals surface area contributed by atoms with Gasteiger partial charge in [0.15, 0.2) is 5.69 Å². The third-order valence-electron chi connectivity index (χ3n) is 2.12. The molecule has 7 heteroatoms. The number of rotatable bonds is 3. The molecule has 0 spiro atoms. The molecule has 1 heterocycles. The standard InChI is InChI=1S/C9H12F3N3O/c1-6(4-5-13)15-8(16)3-2-7(14-15)9(10,11)12/h2-3,6H,4-5,13H2,1H3. The van der Waals surface area contributed by atoms with E-state index in [0.29, 0.717) is 12.5 Å². The molecule has 4 nitrogen and oxygen atoms in total. The molecule has 2 N–H and O–H groups in total. The summed E-state index contributed by atoms with van der Waals surface area (Å²) >= 11 is 0. The van der Waals surface area contributed by atoms with E-state index < -0.39 is 23.5 Å². The first-order valence-corrected chi connectivity index (χ1v) is 4.73. The zero-order valence-electron chi connectivity index (χ0n) is 8.66. The van der Waals surface area contributed by atoms with Gasteiger partial charge in [-0.15, -0.1) is 0 Å². The molecule has 0 aliphatic carbocycles. The molecule has 1 atom stereocenters. The first-order valence-electron chi connectivity index (χ1n) is 4.73. The molecule has 0 aliphatic heterocycles. The zero-order valence-corrected chi connectivity index (χ0v) is 8.66. The maximum atomic E-state index is 12.3. The van der Waals surface area contributed by atoms with Crippen LogP contribution in [0.25, 0.3) is 0 Å². The normalized spacial score (nSPS) is 13.8. The van der Waals surface area contributed by atoms with E-state index >= 15 is 0 Å². The highest BCUT2D eigenvalue weighted by Gasteiger charge is 2.33. The molecule has 0 aliphatic rings. The van der Waals surface area contributed by atoms with E-state index in [-0.39, 0.29) is 6.54 Å². The van der Waals surface area contributed by atoms with E-state index in [1.54, 1.807) is 6.92 Å². The minimum absolute atomic E-state index is 0.283. The molecule has 90 valence electrons. The Morgan fingerprint density at radius 1 is 1.50 bits per heavy atom. The van der Waals surface area contributed by atoms with E-state index in [0.717, 1.165) is 10.7 Å². The van der Waals surface area contributed by atoms with Gasteiger partial charge in [-0.3, -0.25) is 4.79 Å². The molecule has 0 amide bonds. The highest BCUT2D eigenvalue weighted by Crippen LogP contribution is 2.26. The smallest absolute Gasteiger partial charge is 0.330 e. The van der Waals surface area contributed by atoms with Crippen LogP contribution in [0.2, 0.25) is 0 Å². The average Bonchev–Trinajstić information content (AvgIpc) is 2.16. The van der Waals surface area contributed by atoms with Crippen LogP contribution >= 0.6 is 0 Å². The van der Waals surface area contributed by atoms with Gasteiger partial charge in [-0.2, -0.15) is 18.3 Å². The van der Waals surface area contributed by atoms with Crippen molar-refractivity contribution in [3.05, 3.63) is 28.2 Å².